The van der Waals surface area contributed by atoms with E-state index in [2.05, 4.69) is 0 Å². The SMILES string of the molecule is NC[C@H]1CC[C@@H](C(=O)N(CCC2CCCCC2)CC(N)=O)O1. The van der Waals surface area contributed by atoms with Crippen LogP contribution in [0.5, 0.6) is 0 Å². The van der Waals surface area contributed by atoms with Crippen molar-refractivity contribution in [3.8, 4) is 0 Å². The fourth-order valence-electron chi connectivity index (χ4n) is 3.53. The lowest BCUT2D eigenvalue weighted by Gasteiger charge is -2.28. The van der Waals surface area contributed by atoms with Gasteiger partial charge < -0.3 is 21.1 Å². The Morgan fingerprint density at radius 1 is 1.09 bits per heavy atom. The van der Waals surface area contributed by atoms with E-state index in [1.807, 2.05) is 0 Å². The van der Waals surface area contributed by atoms with Gasteiger partial charge in [0.05, 0.1) is 12.6 Å². The van der Waals surface area contributed by atoms with Crippen LogP contribution in [-0.2, 0) is 14.3 Å². The summed E-state index contributed by atoms with van der Waals surface area (Å²) in [5.41, 5.74) is 10.9. The molecule has 1 saturated carbocycles. The van der Waals surface area contributed by atoms with Crippen LogP contribution in [0.4, 0.5) is 0 Å². The van der Waals surface area contributed by atoms with Crippen molar-refractivity contribution in [3.63, 3.8) is 0 Å². The Morgan fingerprint density at radius 3 is 2.41 bits per heavy atom. The van der Waals surface area contributed by atoms with Crippen molar-refractivity contribution in [1.29, 1.82) is 0 Å². The lowest BCUT2D eigenvalue weighted by Crippen LogP contribution is -2.45. The molecule has 1 aliphatic heterocycles. The molecule has 4 N–H and O–H groups in total. The van der Waals surface area contributed by atoms with E-state index in [0.29, 0.717) is 25.4 Å². The summed E-state index contributed by atoms with van der Waals surface area (Å²) in [6.45, 7) is 1.01. The van der Waals surface area contributed by atoms with Gasteiger partial charge in [-0.25, -0.2) is 0 Å². The van der Waals surface area contributed by atoms with E-state index in [0.717, 1.165) is 12.8 Å². The molecule has 2 atom stereocenters. The molecule has 1 aliphatic carbocycles. The molecule has 2 fully saturated rings. The fourth-order valence-corrected chi connectivity index (χ4v) is 3.53. The normalized spacial score (nSPS) is 26.0. The first kappa shape index (κ1) is 17.2. The zero-order valence-corrected chi connectivity index (χ0v) is 13.3. The minimum absolute atomic E-state index is 0.0152. The van der Waals surface area contributed by atoms with Gasteiger partial charge in [0.1, 0.15) is 6.10 Å². The molecule has 0 bridgehead atoms. The quantitative estimate of drug-likeness (QED) is 0.725. The largest absolute Gasteiger partial charge is 0.368 e. The summed E-state index contributed by atoms with van der Waals surface area (Å²) in [5, 5.41) is 0. The van der Waals surface area contributed by atoms with E-state index in [1.165, 1.54) is 32.1 Å². The van der Waals surface area contributed by atoms with E-state index < -0.39 is 12.0 Å². The molecule has 22 heavy (non-hydrogen) atoms. The summed E-state index contributed by atoms with van der Waals surface area (Å²) in [5.74, 6) is 0.0918. The fraction of sp³-hybridized carbons (Fsp3) is 0.875. The van der Waals surface area contributed by atoms with Crippen molar-refractivity contribution in [3.05, 3.63) is 0 Å². The molecule has 1 saturated heterocycles. The van der Waals surface area contributed by atoms with Crippen LogP contribution >= 0.6 is 0 Å². The third-order valence-electron chi connectivity index (χ3n) is 4.84. The number of amides is 2. The lowest BCUT2D eigenvalue weighted by molar-refractivity contribution is -0.145. The molecule has 2 aliphatic rings. The first-order valence-corrected chi connectivity index (χ1v) is 8.52. The second-order valence-corrected chi connectivity index (χ2v) is 6.58. The first-order valence-electron chi connectivity index (χ1n) is 8.52. The summed E-state index contributed by atoms with van der Waals surface area (Å²) in [6.07, 6.45) is 8.27. The summed E-state index contributed by atoms with van der Waals surface area (Å²) in [4.78, 5) is 25.4. The maximum absolute atomic E-state index is 12.6. The molecule has 1 heterocycles. The molecule has 0 aromatic heterocycles. The van der Waals surface area contributed by atoms with Gasteiger partial charge in [0.15, 0.2) is 0 Å². The summed E-state index contributed by atoms with van der Waals surface area (Å²) < 4.78 is 5.66. The third kappa shape index (κ3) is 4.95. The standard InChI is InChI=1S/C16H29N3O3/c17-10-13-6-7-14(22-13)16(21)19(11-15(18)20)9-8-12-4-2-1-3-5-12/h12-14H,1-11,17H2,(H2,18,20)/t13-,14+/m1/s1. The maximum atomic E-state index is 12.6. The molecule has 126 valence electrons. The van der Waals surface area contributed by atoms with E-state index in [1.54, 1.807) is 4.90 Å². The Bertz CT molecular complexity index is 383. The smallest absolute Gasteiger partial charge is 0.252 e. The van der Waals surface area contributed by atoms with Crippen LogP contribution in [-0.4, -0.2) is 48.6 Å². The second-order valence-electron chi connectivity index (χ2n) is 6.58. The summed E-state index contributed by atoms with van der Waals surface area (Å²) in [7, 11) is 0. The summed E-state index contributed by atoms with van der Waals surface area (Å²) >= 11 is 0. The van der Waals surface area contributed by atoms with Crippen molar-refractivity contribution in [2.75, 3.05) is 19.6 Å². The molecule has 6 heteroatoms. The highest BCUT2D eigenvalue weighted by Crippen LogP contribution is 2.27. The number of rotatable bonds is 7. The first-order chi connectivity index (χ1) is 10.6. The molecule has 0 unspecified atom stereocenters. The highest BCUT2D eigenvalue weighted by Gasteiger charge is 2.33. The van der Waals surface area contributed by atoms with Gasteiger partial charge >= 0.3 is 0 Å². The number of ether oxygens (including phenoxy) is 1. The monoisotopic (exact) mass is 311 g/mol. The third-order valence-corrected chi connectivity index (χ3v) is 4.84. The van der Waals surface area contributed by atoms with Crippen LogP contribution in [0.2, 0.25) is 0 Å². The maximum Gasteiger partial charge on any atom is 0.252 e. The van der Waals surface area contributed by atoms with Gasteiger partial charge in [-0.15, -0.1) is 0 Å². The Labute approximate surface area is 132 Å². The Kier molecular flexibility index (Phi) is 6.64. The van der Waals surface area contributed by atoms with Gasteiger partial charge in [-0.05, 0) is 25.2 Å². The minimum atomic E-state index is -0.467. The van der Waals surface area contributed by atoms with Gasteiger partial charge in [0.25, 0.3) is 5.91 Å². The molecular weight excluding hydrogens is 282 g/mol. The molecular formula is C16H29N3O3. The van der Waals surface area contributed by atoms with Crippen molar-refractivity contribution in [2.24, 2.45) is 17.4 Å². The zero-order chi connectivity index (χ0) is 15.9. The number of nitrogens with two attached hydrogens (primary N) is 2. The van der Waals surface area contributed by atoms with Crippen molar-refractivity contribution in [2.45, 2.75) is 63.6 Å². The van der Waals surface area contributed by atoms with E-state index in [-0.39, 0.29) is 18.6 Å². The van der Waals surface area contributed by atoms with Crippen molar-refractivity contribution in [1.82, 2.24) is 4.90 Å². The molecule has 2 rings (SSSR count). The molecule has 6 nitrogen and oxygen atoms in total. The number of carbonyl (C=O) groups excluding carboxylic acids is 2. The number of hydrogen-bond donors (Lipinski definition) is 2. The molecule has 0 radical (unpaired) electrons. The number of primary amides is 1. The Balaban J connectivity index is 1.87. The van der Waals surface area contributed by atoms with E-state index in [4.69, 9.17) is 16.2 Å². The Hall–Kier alpha value is -1.14. The van der Waals surface area contributed by atoms with Crippen LogP contribution in [0.1, 0.15) is 51.4 Å². The molecule has 2 amide bonds. The average Bonchev–Trinajstić information content (AvgIpc) is 3.00. The molecule has 0 spiro atoms. The Morgan fingerprint density at radius 2 is 1.82 bits per heavy atom. The predicted molar refractivity (Wildman–Crippen MR) is 83.9 cm³/mol. The highest BCUT2D eigenvalue weighted by molar-refractivity contribution is 5.86. The minimum Gasteiger partial charge on any atom is -0.368 e. The van der Waals surface area contributed by atoms with Crippen LogP contribution in [0.3, 0.4) is 0 Å². The van der Waals surface area contributed by atoms with Gasteiger partial charge in [-0.1, -0.05) is 32.1 Å². The van der Waals surface area contributed by atoms with Gasteiger partial charge in [0.2, 0.25) is 5.91 Å². The lowest BCUT2D eigenvalue weighted by atomic mass is 9.87. The number of hydrogen-bond acceptors (Lipinski definition) is 4. The van der Waals surface area contributed by atoms with Crippen molar-refractivity contribution < 1.29 is 14.3 Å². The van der Waals surface area contributed by atoms with Crippen molar-refractivity contribution >= 4 is 11.8 Å². The van der Waals surface area contributed by atoms with E-state index in [9.17, 15) is 9.59 Å². The number of nitrogens with zero attached hydrogens (tertiary/aromatic N) is 1. The van der Waals surface area contributed by atoms with Crippen LogP contribution in [0.15, 0.2) is 0 Å². The van der Waals surface area contributed by atoms with Crippen LogP contribution in [0.25, 0.3) is 0 Å². The second kappa shape index (κ2) is 8.48. The summed E-state index contributed by atoms with van der Waals surface area (Å²) in [6, 6.07) is 0. The molecule has 0 aromatic carbocycles. The van der Waals surface area contributed by atoms with Gasteiger partial charge in [0, 0.05) is 13.1 Å². The van der Waals surface area contributed by atoms with Crippen LogP contribution < -0.4 is 11.5 Å². The number of carbonyl (C=O) groups is 2. The predicted octanol–water partition coefficient (Wildman–Crippen LogP) is 0.777. The highest BCUT2D eigenvalue weighted by atomic mass is 16.5. The topological polar surface area (TPSA) is 98.7 Å². The van der Waals surface area contributed by atoms with Gasteiger partial charge in [-0.3, -0.25) is 9.59 Å². The zero-order valence-electron chi connectivity index (χ0n) is 13.3. The average molecular weight is 311 g/mol. The van der Waals surface area contributed by atoms with Gasteiger partial charge in [-0.2, -0.15) is 0 Å². The molecule has 0 aromatic rings. The van der Waals surface area contributed by atoms with E-state index >= 15 is 0 Å². The van der Waals surface area contributed by atoms with Crippen LogP contribution in [0, 0.1) is 5.92 Å².